The van der Waals surface area contributed by atoms with Gasteiger partial charge in [0.05, 0.1) is 7.11 Å². The summed E-state index contributed by atoms with van der Waals surface area (Å²) in [5.74, 6) is 2.13. The Balaban J connectivity index is 3.53. The van der Waals surface area contributed by atoms with E-state index < -0.39 is 0 Å². The second-order valence-electron chi connectivity index (χ2n) is 7.82. The molecule has 120 valence electrons. The fourth-order valence-electron chi connectivity index (χ4n) is 2.38. The average Bonchev–Trinajstić information content (AvgIpc) is 2.37. The van der Waals surface area contributed by atoms with Crippen LogP contribution in [0.15, 0.2) is 12.1 Å². The van der Waals surface area contributed by atoms with Gasteiger partial charge in [0, 0.05) is 11.1 Å². The van der Waals surface area contributed by atoms with E-state index in [1.165, 1.54) is 0 Å². The highest BCUT2D eigenvalue weighted by molar-refractivity contribution is 5.51. The van der Waals surface area contributed by atoms with Crippen molar-refractivity contribution in [2.75, 3.05) is 7.11 Å². The first-order chi connectivity index (χ1) is 9.46. The Morgan fingerprint density at radius 3 is 1.67 bits per heavy atom. The van der Waals surface area contributed by atoms with E-state index >= 15 is 0 Å². The molecule has 1 N–H and O–H groups in total. The van der Waals surface area contributed by atoms with Crippen molar-refractivity contribution in [3.8, 4) is 11.5 Å². The standard InChI is InChI=1S/C19H32O2/c1-12(2)18(5,6)14-11-17(21-9)15(10-16(14)20)19(7,8)13(3)4/h10-13,20H,1-9H3. The number of methoxy groups -OCH3 is 1. The van der Waals surface area contributed by atoms with E-state index in [4.69, 9.17) is 4.74 Å². The molecule has 0 aliphatic rings. The number of rotatable bonds is 5. The minimum Gasteiger partial charge on any atom is -0.508 e. The lowest BCUT2D eigenvalue weighted by Crippen LogP contribution is -2.27. The van der Waals surface area contributed by atoms with Crippen molar-refractivity contribution in [2.24, 2.45) is 11.8 Å². The molecule has 0 saturated heterocycles. The molecule has 0 saturated carbocycles. The molecular formula is C19H32O2. The van der Waals surface area contributed by atoms with Crippen LogP contribution in [0.1, 0.15) is 66.5 Å². The maximum atomic E-state index is 10.6. The van der Waals surface area contributed by atoms with E-state index in [0.717, 1.165) is 16.9 Å². The molecule has 0 aliphatic heterocycles. The van der Waals surface area contributed by atoms with Crippen LogP contribution in [0.3, 0.4) is 0 Å². The number of hydrogen-bond donors (Lipinski definition) is 1. The van der Waals surface area contributed by atoms with Crippen LogP contribution in [0.2, 0.25) is 0 Å². The topological polar surface area (TPSA) is 29.5 Å². The van der Waals surface area contributed by atoms with Crippen LogP contribution in [0, 0.1) is 11.8 Å². The first-order valence-corrected chi connectivity index (χ1v) is 7.88. The van der Waals surface area contributed by atoms with Crippen LogP contribution in [0.25, 0.3) is 0 Å². The molecule has 0 aromatic heterocycles. The van der Waals surface area contributed by atoms with Crippen molar-refractivity contribution in [3.63, 3.8) is 0 Å². The molecule has 21 heavy (non-hydrogen) atoms. The Hall–Kier alpha value is -1.18. The first kappa shape index (κ1) is 17.9. The minimum absolute atomic E-state index is 0.0523. The summed E-state index contributed by atoms with van der Waals surface area (Å²) in [5, 5.41) is 10.6. The van der Waals surface area contributed by atoms with Gasteiger partial charge in [-0.25, -0.2) is 0 Å². The predicted octanol–water partition coefficient (Wildman–Crippen LogP) is 5.27. The van der Waals surface area contributed by atoms with E-state index in [-0.39, 0.29) is 10.8 Å². The van der Waals surface area contributed by atoms with Crippen molar-refractivity contribution >= 4 is 0 Å². The van der Waals surface area contributed by atoms with Gasteiger partial charge in [-0.15, -0.1) is 0 Å². The zero-order valence-electron chi connectivity index (χ0n) is 15.2. The van der Waals surface area contributed by atoms with Crippen molar-refractivity contribution in [1.82, 2.24) is 0 Å². The molecule has 0 bridgehead atoms. The van der Waals surface area contributed by atoms with Gasteiger partial charge >= 0.3 is 0 Å². The van der Waals surface area contributed by atoms with Gasteiger partial charge < -0.3 is 9.84 Å². The molecule has 2 nitrogen and oxygen atoms in total. The van der Waals surface area contributed by atoms with Gasteiger partial charge in [-0.1, -0.05) is 55.4 Å². The summed E-state index contributed by atoms with van der Waals surface area (Å²) in [6.45, 7) is 17.5. The number of benzene rings is 1. The lowest BCUT2D eigenvalue weighted by molar-refractivity contribution is 0.327. The highest BCUT2D eigenvalue weighted by Gasteiger charge is 2.33. The SMILES string of the molecule is COc1cc(C(C)(C)C(C)C)c(O)cc1C(C)(C)C(C)C. The lowest BCUT2D eigenvalue weighted by atomic mass is 9.71. The zero-order valence-corrected chi connectivity index (χ0v) is 15.2. The van der Waals surface area contributed by atoms with Crippen LogP contribution >= 0.6 is 0 Å². The highest BCUT2D eigenvalue weighted by atomic mass is 16.5. The largest absolute Gasteiger partial charge is 0.508 e. The third-order valence-electron chi connectivity index (χ3n) is 5.59. The zero-order chi connectivity index (χ0) is 16.6. The first-order valence-electron chi connectivity index (χ1n) is 7.88. The fourth-order valence-corrected chi connectivity index (χ4v) is 2.38. The summed E-state index contributed by atoms with van der Waals surface area (Å²) in [4.78, 5) is 0. The molecule has 0 atom stereocenters. The third-order valence-corrected chi connectivity index (χ3v) is 5.59. The molecule has 0 spiro atoms. The van der Waals surface area contributed by atoms with Gasteiger partial charge in [-0.05, 0) is 34.8 Å². The Morgan fingerprint density at radius 1 is 0.857 bits per heavy atom. The van der Waals surface area contributed by atoms with E-state index in [2.05, 4.69) is 55.4 Å². The lowest BCUT2D eigenvalue weighted by Gasteiger charge is -2.35. The summed E-state index contributed by atoms with van der Waals surface area (Å²) in [6.07, 6.45) is 0. The van der Waals surface area contributed by atoms with Gasteiger partial charge in [0.25, 0.3) is 0 Å². The summed E-state index contributed by atoms with van der Waals surface area (Å²) in [7, 11) is 1.71. The van der Waals surface area contributed by atoms with Crippen molar-refractivity contribution in [3.05, 3.63) is 23.3 Å². The number of phenolic OH excluding ortho intramolecular Hbond substituents is 1. The van der Waals surface area contributed by atoms with Gasteiger partial charge in [-0.2, -0.15) is 0 Å². The molecule has 1 aromatic carbocycles. The Labute approximate surface area is 130 Å². The van der Waals surface area contributed by atoms with E-state index in [9.17, 15) is 5.11 Å². The summed E-state index contributed by atoms with van der Waals surface area (Å²) >= 11 is 0. The summed E-state index contributed by atoms with van der Waals surface area (Å²) < 4.78 is 5.64. The molecular weight excluding hydrogens is 260 g/mol. The average molecular weight is 292 g/mol. The second-order valence-corrected chi connectivity index (χ2v) is 7.82. The highest BCUT2D eigenvalue weighted by Crippen LogP contribution is 2.45. The molecule has 0 radical (unpaired) electrons. The Bertz CT molecular complexity index is 497. The monoisotopic (exact) mass is 292 g/mol. The molecule has 1 rings (SSSR count). The van der Waals surface area contributed by atoms with Crippen LogP contribution < -0.4 is 4.74 Å². The molecule has 0 fully saturated rings. The number of hydrogen-bond acceptors (Lipinski definition) is 2. The van der Waals surface area contributed by atoms with Crippen molar-refractivity contribution in [1.29, 1.82) is 0 Å². The molecule has 0 unspecified atom stereocenters. The molecule has 0 amide bonds. The van der Waals surface area contributed by atoms with E-state index in [1.54, 1.807) is 7.11 Å². The number of ether oxygens (including phenoxy) is 1. The second kappa shape index (κ2) is 5.90. The molecule has 2 heteroatoms. The van der Waals surface area contributed by atoms with Crippen molar-refractivity contribution < 1.29 is 9.84 Å². The van der Waals surface area contributed by atoms with Crippen LogP contribution in [0.4, 0.5) is 0 Å². The van der Waals surface area contributed by atoms with Gasteiger partial charge in [0.2, 0.25) is 0 Å². The maximum absolute atomic E-state index is 10.6. The Kier molecular flexibility index (Phi) is 5.02. The van der Waals surface area contributed by atoms with Gasteiger partial charge in [0.1, 0.15) is 11.5 Å². The normalized spacial score (nSPS) is 13.1. The maximum Gasteiger partial charge on any atom is 0.123 e. The van der Waals surface area contributed by atoms with Gasteiger partial charge in [0.15, 0.2) is 0 Å². The molecule has 1 aromatic rings. The minimum atomic E-state index is -0.0993. The predicted molar refractivity (Wildman–Crippen MR) is 90.4 cm³/mol. The van der Waals surface area contributed by atoms with E-state index in [1.807, 2.05) is 12.1 Å². The van der Waals surface area contributed by atoms with Crippen LogP contribution in [0.5, 0.6) is 11.5 Å². The number of aromatic hydroxyl groups is 1. The van der Waals surface area contributed by atoms with Crippen LogP contribution in [-0.4, -0.2) is 12.2 Å². The van der Waals surface area contributed by atoms with Crippen LogP contribution in [-0.2, 0) is 10.8 Å². The Morgan fingerprint density at radius 2 is 1.29 bits per heavy atom. The smallest absolute Gasteiger partial charge is 0.123 e. The summed E-state index contributed by atoms with van der Waals surface area (Å²) in [6, 6.07) is 3.92. The van der Waals surface area contributed by atoms with Gasteiger partial charge in [-0.3, -0.25) is 0 Å². The molecule has 0 heterocycles. The quantitative estimate of drug-likeness (QED) is 0.801. The fraction of sp³-hybridized carbons (Fsp3) is 0.684. The number of phenols is 1. The third kappa shape index (κ3) is 3.20. The summed E-state index contributed by atoms with van der Waals surface area (Å²) in [5.41, 5.74) is 1.87. The van der Waals surface area contributed by atoms with Crippen molar-refractivity contribution in [2.45, 2.75) is 66.2 Å². The van der Waals surface area contributed by atoms with E-state index in [0.29, 0.717) is 17.6 Å². The molecule has 0 aliphatic carbocycles.